The van der Waals surface area contributed by atoms with Crippen molar-refractivity contribution < 1.29 is 18.7 Å². The van der Waals surface area contributed by atoms with Crippen molar-refractivity contribution in [3.63, 3.8) is 0 Å². The summed E-state index contributed by atoms with van der Waals surface area (Å²) >= 11 is 5.70. The highest BCUT2D eigenvalue weighted by atomic mass is 35.5. The number of hydrogen-bond acceptors (Lipinski definition) is 3. The van der Waals surface area contributed by atoms with Crippen LogP contribution in [0.25, 0.3) is 0 Å². The van der Waals surface area contributed by atoms with Gasteiger partial charge < -0.3 is 14.8 Å². The second-order valence-corrected chi connectivity index (χ2v) is 5.33. The molecule has 2 aromatic rings. The van der Waals surface area contributed by atoms with Crippen LogP contribution < -0.4 is 14.8 Å². The molecule has 0 aliphatic carbocycles. The molecular weight excluding hydrogens is 309 g/mol. The quantitative estimate of drug-likeness (QED) is 0.918. The Morgan fingerprint density at radius 1 is 1.18 bits per heavy atom. The Kier molecular flexibility index (Phi) is 3.90. The van der Waals surface area contributed by atoms with Crippen molar-refractivity contribution >= 4 is 23.2 Å². The van der Waals surface area contributed by atoms with Crippen molar-refractivity contribution in [1.29, 1.82) is 0 Å². The summed E-state index contributed by atoms with van der Waals surface area (Å²) in [5.41, 5.74) is 0.394. The van der Waals surface area contributed by atoms with Gasteiger partial charge in [-0.1, -0.05) is 23.7 Å². The van der Waals surface area contributed by atoms with Crippen molar-refractivity contribution in [1.82, 2.24) is 0 Å². The molecule has 0 saturated carbocycles. The molecule has 1 heterocycles. The molecule has 2 atom stereocenters. The Labute approximate surface area is 131 Å². The molecule has 22 heavy (non-hydrogen) atoms. The number of amides is 1. The van der Waals surface area contributed by atoms with Gasteiger partial charge in [-0.25, -0.2) is 4.39 Å². The van der Waals surface area contributed by atoms with Crippen molar-refractivity contribution in [3.8, 4) is 11.5 Å². The Hall–Kier alpha value is -2.27. The average Bonchev–Trinajstić information content (AvgIpc) is 2.50. The Morgan fingerprint density at radius 2 is 1.86 bits per heavy atom. The smallest absolute Gasteiger partial charge is 0.269 e. The largest absolute Gasteiger partial charge is 0.482 e. The predicted molar refractivity (Wildman–Crippen MR) is 81.0 cm³/mol. The number of nitrogens with one attached hydrogen (secondary N) is 1. The van der Waals surface area contributed by atoms with E-state index in [1.54, 1.807) is 25.1 Å². The molecule has 4 nitrogen and oxygen atoms in total. The van der Waals surface area contributed by atoms with Crippen LogP contribution in [0.4, 0.5) is 10.1 Å². The topological polar surface area (TPSA) is 47.6 Å². The zero-order valence-corrected chi connectivity index (χ0v) is 12.4. The van der Waals surface area contributed by atoms with Crippen LogP contribution in [-0.4, -0.2) is 18.1 Å². The lowest BCUT2D eigenvalue weighted by Gasteiger charge is -2.31. The number of anilines is 1. The SMILES string of the molecule is CC1Oc2ccccc2OC1C(=O)Nc1ccc(F)c(Cl)c1. The minimum Gasteiger partial charge on any atom is -0.482 e. The molecule has 0 aromatic heterocycles. The van der Waals surface area contributed by atoms with Crippen LogP contribution in [0, 0.1) is 5.82 Å². The molecule has 1 aliphatic rings. The van der Waals surface area contributed by atoms with Gasteiger partial charge in [-0.15, -0.1) is 0 Å². The summed E-state index contributed by atoms with van der Waals surface area (Å²) in [4.78, 5) is 12.3. The molecular formula is C16H13ClFNO3. The van der Waals surface area contributed by atoms with Crippen LogP contribution in [0.2, 0.25) is 5.02 Å². The van der Waals surface area contributed by atoms with E-state index < -0.39 is 18.0 Å². The van der Waals surface area contributed by atoms with Gasteiger partial charge in [-0.3, -0.25) is 4.79 Å². The second-order valence-electron chi connectivity index (χ2n) is 4.93. The number of rotatable bonds is 2. The number of para-hydroxylation sites is 2. The number of carbonyl (C=O) groups excluding carboxylic acids is 1. The lowest BCUT2D eigenvalue weighted by Crippen LogP contribution is -2.46. The third-order valence-electron chi connectivity index (χ3n) is 3.29. The van der Waals surface area contributed by atoms with E-state index in [-0.39, 0.29) is 10.9 Å². The third-order valence-corrected chi connectivity index (χ3v) is 3.58. The van der Waals surface area contributed by atoms with Gasteiger partial charge in [0.25, 0.3) is 5.91 Å². The molecule has 0 bridgehead atoms. The highest BCUT2D eigenvalue weighted by Crippen LogP contribution is 2.33. The lowest BCUT2D eigenvalue weighted by atomic mass is 10.1. The molecule has 114 valence electrons. The number of carbonyl (C=O) groups is 1. The molecule has 3 rings (SSSR count). The van der Waals surface area contributed by atoms with Crippen LogP contribution in [0.15, 0.2) is 42.5 Å². The summed E-state index contributed by atoms with van der Waals surface area (Å²) in [5, 5.41) is 2.59. The fraction of sp³-hybridized carbons (Fsp3) is 0.188. The van der Waals surface area contributed by atoms with E-state index in [1.807, 2.05) is 6.07 Å². The van der Waals surface area contributed by atoms with E-state index in [0.29, 0.717) is 17.2 Å². The van der Waals surface area contributed by atoms with Gasteiger partial charge in [-0.2, -0.15) is 0 Å². The summed E-state index contributed by atoms with van der Waals surface area (Å²) in [6, 6.07) is 11.1. The highest BCUT2D eigenvalue weighted by Gasteiger charge is 2.34. The lowest BCUT2D eigenvalue weighted by molar-refractivity contribution is -0.128. The zero-order chi connectivity index (χ0) is 15.7. The Morgan fingerprint density at radius 3 is 2.55 bits per heavy atom. The minimum absolute atomic E-state index is 0.0583. The first-order valence-electron chi connectivity index (χ1n) is 6.73. The molecule has 0 radical (unpaired) electrons. The van der Waals surface area contributed by atoms with E-state index in [2.05, 4.69) is 5.32 Å². The second kappa shape index (κ2) is 5.85. The van der Waals surface area contributed by atoms with Gasteiger partial charge in [0.05, 0.1) is 5.02 Å². The van der Waals surface area contributed by atoms with Gasteiger partial charge in [-0.05, 0) is 37.3 Å². The average molecular weight is 322 g/mol. The van der Waals surface area contributed by atoms with E-state index in [9.17, 15) is 9.18 Å². The van der Waals surface area contributed by atoms with E-state index >= 15 is 0 Å². The first kappa shape index (κ1) is 14.7. The zero-order valence-electron chi connectivity index (χ0n) is 11.7. The number of ether oxygens (including phenoxy) is 2. The van der Waals surface area contributed by atoms with Gasteiger partial charge >= 0.3 is 0 Å². The molecule has 1 aliphatic heterocycles. The summed E-state index contributed by atoms with van der Waals surface area (Å²) < 4.78 is 24.5. The van der Waals surface area contributed by atoms with Crippen LogP contribution in [0.5, 0.6) is 11.5 Å². The summed E-state index contributed by atoms with van der Waals surface area (Å²) in [5.74, 6) is 0.186. The fourth-order valence-corrected chi connectivity index (χ4v) is 2.37. The van der Waals surface area contributed by atoms with E-state index in [1.165, 1.54) is 18.2 Å². The first-order valence-corrected chi connectivity index (χ1v) is 7.10. The molecule has 2 unspecified atom stereocenters. The molecule has 2 aromatic carbocycles. The summed E-state index contributed by atoms with van der Waals surface area (Å²) in [6.07, 6.45) is -1.26. The molecule has 0 fully saturated rings. The maximum Gasteiger partial charge on any atom is 0.269 e. The Balaban J connectivity index is 1.76. The van der Waals surface area contributed by atoms with Gasteiger partial charge in [0, 0.05) is 5.69 Å². The van der Waals surface area contributed by atoms with E-state index in [0.717, 1.165) is 0 Å². The summed E-state index contributed by atoms with van der Waals surface area (Å²) in [6.45, 7) is 1.75. The molecule has 6 heteroatoms. The fourth-order valence-electron chi connectivity index (χ4n) is 2.19. The van der Waals surface area contributed by atoms with Crippen molar-refractivity contribution in [2.75, 3.05) is 5.32 Å². The van der Waals surface area contributed by atoms with Crippen molar-refractivity contribution in [2.45, 2.75) is 19.1 Å². The van der Waals surface area contributed by atoms with Crippen LogP contribution in [0.1, 0.15) is 6.92 Å². The van der Waals surface area contributed by atoms with E-state index in [4.69, 9.17) is 21.1 Å². The van der Waals surface area contributed by atoms with Crippen LogP contribution in [0.3, 0.4) is 0 Å². The first-order chi connectivity index (χ1) is 10.5. The van der Waals surface area contributed by atoms with Crippen LogP contribution in [-0.2, 0) is 4.79 Å². The summed E-state index contributed by atoms with van der Waals surface area (Å²) in [7, 11) is 0. The normalized spacial score (nSPS) is 19.6. The molecule has 1 N–H and O–H groups in total. The molecule has 0 spiro atoms. The van der Waals surface area contributed by atoms with Crippen LogP contribution >= 0.6 is 11.6 Å². The van der Waals surface area contributed by atoms with Gasteiger partial charge in [0.1, 0.15) is 11.9 Å². The Bertz CT molecular complexity index is 722. The molecule has 0 saturated heterocycles. The minimum atomic E-state index is -0.807. The van der Waals surface area contributed by atoms with Gasteiger partial charge in [0.15, 0.2) is 11.5 Å². The predicted octanol–water partition coefficient (Wildman–Crippen LogP) is 3.65. The van der Waals surface area contributed by atoms with Crippen molar-refractivity contribution in [3.05, 3.63) is 53.3 Å². The van der Waals surface area contributed by atoms with Gasteiger partial charge in [0.2, 0.25) is 6.10 Å². The van der Waals surface area contributed by atoms with Crippen molar-refractivity contribution in [2.24, 2.45) is 0 Å². The number of fused-ring (bicyclic) bond motifs is 1. The molecule has 1 amide bonds. The maximum atomic E-state index is 13.1. The number of halogens is 2. The highest BCUT2D eigenvalue weighted by molar-refractivity contribution is 6.31. The maximum absolute atomic E-state index is 13.1. The number of benzene rings is 2. The number of hydrogen-bond donors (Lipinski definition) is 1. The standard InChI is InChI=1S/C16H13ClFNO3/c1-9-15(22-14-5-3-2-4-13(14)21-9)16(20)19-10-6-7-12(18)11(17)8-10/h2-9,15H,1H3,(H,19,20). The third kappa shape index (κ3) is 2.85. The monoisotopic (exact) mass is 321 g/mol.